The molecule has 2 aromatic carbocycles. The quantitative estimate of drug-likeness (QED) is 0.292. The summed E-state index contributed by atoms with van der Waals surface area (Å²) in [6, 6.07) is 12.2. The van der Waals surface area contributed by atoms with E-state index in [4.69, 9.17) is 18.9 Å². The molecule has 0 aromatic heterocycles. The third kappa shape index (κ3) is 8.24. The van der Waals surface area contributed by atoms with Crippen LogP contribution in [0.4, 0.5) is 0 Å². The zero-order chi connectivity index (χ0) is 23.2. The maximum atomic E-state index is 5.42. The molecule has 0 radical (unpaired) electrons. The lowest BCUT2D eigenvalue weighted by molar-refractivity contribution is 0.354. The Morgan fingerprint density at radius 2 is 1.12 bits per heavy atom. The minimum absolute atomic E-state index is 0.293. The van der Waals surface area contributed by atoms with Gasteiger partial charge in [0.15, 0.2) is 23.0 Å². The topological polar surface area (TPSA) is 61.0 Å². The van der Waals surface area contributed by atoms with Gasteiger partial charge in [-0.2, -0.15) is 0 Å². The summed E-state index contributed by atoms with van der Waals surface area (Å²) in [4.78, 5) is 0. The summed E-state index contributed by atoms with van der Waals surface area (Å²) in [5.74, 6) is 3.08. The molecule has 0 spiro atoms. The van der Waals surface area contributed by atoms with Crippen LogP contribution in [0.5, 0.6) is 23.0 Å². The predicted molar refractivity (Wildman–Crippen MR) is 130 cm³/mol. The van der Waals surface area contributed by atoms with Gasteiger partial charge in [-0.05, 0) is 54.7 Å². The molecule has 0 aliphatic heterocycles. The molecule has 0 unspecified atom stereocenters. The number of nitrogens with one attached hydrogen (secondary N) is 2. The molecule has 0 fully saturated rings. The first-order chi connectivity index (χ1) is 15.6. The summed E-state index contributed by atoms with van der Waals surface area (Å²) in [5, 5.41) is 7.38. The fourth-order valence-electron chi connectivity index (χ4n) is 3.73. The van der Waals surface area contributed by atoms with Gasteiger partial charge in [0.2, 0.25) is 0 Å². The lowest BCUT2D eigenvalue weighted by atomic mass is 10.1. The Bertz CT molecular complexity index is 736. The third-order valence-corrected chi connectivity index (χ3v) is 5.60. The lowest BCUT2D eigenvalue weighted by Crippen LogP contribution is -2.44. The fourth-order valence-corrected chi connectivity index (χ4v) is 3.73. The van der Waals surface area contributed by atoms with E-state index in [1.165, 1.54) is 30.4 Å². The van der Waals surface area contributed by atoms with Gasteiger partial charge >= 0.3 is 0 Å². The van der Waals surface area contributed by atoms with Crippen LogP contribution < -0.4 is 29.6 Å². The Kier molecular flexibility index (Phi) is 11.8. The molecule has 2 aromatic rings. The lowest BCUT2D eigenvalue weighted by Gasteiger charge is -2.21. The monoisotopic (exact) mass is 444 g/mol. The average molecular weight is 445 g/mol. The van der Waals surface area contributed by atoms with Gasteiger partial charge in [-0.25, -0.2) is 0 Å². The molecule has 0 bridgehead atoms. The van der Waals surface area contributed by atoms with Gasteiger partial charge < -0.3 is 29.6 Å². The Balaban J connectivity index is 1.86. The van der Waals surface area contributed by atoms with Gasteiger partial charge in [-0.15, -0.1) is 0 Å². The first-order valence-electron chi connectivity index (χ1n) is 11.5. The standard InChI is InChI=1S/C26H40N2O4/c1-6-7-8-9-26(27-16-14-20-10-12-22(29-2)24(18-20)31-4)28-17-15-21-11-13-23(30-3)25(19-21)32-5/h10-13,18-19,26-28H,6-9,14-17H2,1-5H3. The molecule has 178 valence electrons. The molecule has 0 aliphatic carbocycles. The Morgan fingerprint density at radius 3 is 1.53 bits per heavy atom. The van der Waals surface area contributed by atoms with Crippen LogP contribution in [0.15, 0.2) is 36.4 Å². The van der Waals surface area contributed by atoms with E-state index in [0.717, 1.165) is 55.4 Å². The van der Waals surface area contributed by atoms with E-state index in [-0.39, 0.29) is 0 Å². The number of hydrogen-bond acceptors (Lipinski definition) is 6. The molecule has 0 amide bonds. The van der Waals surface area contributed by atoms with Crippen LogP contribution in [-0.4, -0.2) is 47.7 Å². The van der Waals surface area contributed by atoms with Gasteiger partial charge in [0.05, 0.1) is 34.6 Å². The number of benzene rings is 2. The van der Waals surface area contributed by atoms with E-state index in [1.807, 2.05) is 12.1 Å². The van der Waals surface area contributed by atoms with Crippen molar-refractivity contribution in [2.75, 3.05) is 41.5 Å². The van der Waals surface area contributed by atoms with Crippen LogP contribution in [0.1, 0.15) is 43.7 Å². The average Bonchev–Trinajstić information content (AvgIpc) is 2.83. The highest BCUT2D eigenvalue weighted by molar-refractivity contribution is 5.43. The van der Waals surface area contributed by atoms with E-state index < -0.39 is 0 Å². The molecule has 0 heterocycles. The summed E-state index contributed by atoms with van der Waals surface area (Å²) in [6.45, 7) is 4.04. The number of methoxy groups -OCH3 is 4. The third-order valence-electron chi connectivity index (χ3n) is 5.60. The van der Waals surface area contributed by atoms with Crippen molar-refractivity contribution in [3.63, 3.8) is 0 Å². The number of ether oxygens (including phenoxy) is 4. The van der Waals surface area contributed by atoms with Crippen molar-refractivity contribution < 1.29 is 18.9 Å². The van der Waals surface area contributed by atoms with Crippen molar-refractivity contribution in [1.82, 2.24) is 10.6 Å². The molecular formula is C26H40N2O4. The predicted octanol–water partition coefficient (Wildman–Crippen LogP) is 4.59. The largest absolute Gasteiger partial charge is 0.493 e. The van der Waals surface area contributed by atoms with E-state index in [1.54, 1.807) is 28.4 Å². The van der Waals surface area contributed by atoms with E-state index in [9.17, 15) is 0 Å². The van der Waals surface area contributed by atoms with Crippen molar-refractivity contribution in [2.24, 2.45) is 0 Å². The van der Waals surface area contributed by atoms with E-state index in [2.05, 4.69) is 41.8 Å². The zero-order valence-corrected chi connectivity index (χ0v) is 20.3. The minimum Gasteiger partial charge on any atom is -0.493 e. The first-order valence-corrected chi connectivity index (χ1v) is 11.5. The zero-order valence-electron chi connectivity index (χ0n) is 20.3. The van der Waals surface area contributed by atoms with Crippen LogP contribution in [0.25, 0.3) is 0 Å². The van der Waals surface area contributed by atoms with Gasteiger partial charge in [0.1, 0.15) is 0 Å². The highest BCUT2D eigenvalue weighted by atomic mass is 16.5. The van der Waals surface area contributed by atoms with Crippen LogP contribution in [-0.2, 0) is 12.8 Å². The second-order valence-corrected chi connectivity index (χ2v) is 7.84. The molecule has 0 saturated heterocycles. The Hall–Kier alpha value is -2.44. The van der Waals surface area contributed by atoms with Crippen LogP contribution in [0, 0.1) is 0 Å². The number of hydrogen-bond donors (Lipinski definition) is 2. The smallest absolute Gasteiger partial charge is 0.160 e. The van der Waals surface area contributed by atoms with Crippen molar-refractivity contribution in [1.29, 1.82) is 0 Å². The van der Waals surface area contributed by atoms with Crippen LogP contribution in [0.3, 0.4) is 0 Å². The number of rotatable bonds is 16. The molecule has 0 aliphatic rings. The van der Waals surface area contributed by atoms with E-state index >= 15 is 0 Å². The van der Waals surface area contributed by atoms with Crippen molar-refractivity contribution in [3.05, 3.63) is 47.5 Å². The van der Waals surface area contributed by atoms with Gasteiger partial charge in [-0.1, -0.05) is 38.3 Å². The summed E-state index contributed by atoms with van der Waals surface area (Å²) in [5.41, 5.74) is 2.46. The van der Waals surface area contributed by atoms with Crippen molar-refractivity contribution in [3.8, 4) is 23.0 Å². The first kappa shape index (κ1) is 25.8. The summed E-state index contributed by atoms with van der Waals surface area (Å²) in [7, 11) is 6.67. The van der Waals surface area contributed by atoms with E-state index in [0.29, 0.717) is 6.17 Å². The minimum atomic E-state index is 0.293. The molecule has 32 heavy (non-hydrogen) atoms. The molecule has 2 rings (SSSR count). The summed E-state index contributed by atoms with van der Waals surface area (Å²) in [6.07, 6.45) is 6.97. The molecule has 0 saturated carbocycles. The Labute approximate surface area is 193 Å². The van der Waals surface area contributed by atoms with Crippen molar-refractivity contribution in [2.45, 2.75) is 51.6 Å². The highest BCUT2D eigenvalue weighted by Gasteiger charge is 2.10. The Morgan fingerprint density at radius 1 is 0.656 bits per heavy atom. The van der Waals surface area contributed by atoms with Crippen molar-refractivity contribution >= 4 is 0 Å². The normalized spacial score (nSPS) is 10.9. The molecule has 6 nitrogen and oxygen atoms in total. The maximum absolute atomic E-state index is 5.42. The number of unbranched alkanes of at least 4 members (excludes halogenated alkanes) is 2. The van der Waals surface area contributed by atoms with Crippen LogP contribution >= 0.6 is 0 Å². The second kappa shape index (κ2) is 14.6. The molecular weight excluding hydrogens is 404 g/mol. The van der Waals surface area contributed by atoms with Gasteiger partial charge in [0, 0.05) is 13.1 Å². The van der Waals surface area contributed by atoms with Crippen LogP contribution in [0.2, 0.25) is 0 Å². The van der Waals surface area contributed by atoms with Gasteiger partial charge in [0.25, 0.3) is 0 Å². The second-order valence-electron chi connectivity index (χ2n) is 7.84. The summed E-state index contributed by atoms with van der Waals surface area (Å²) >= 11 is 0. The molecule has 0 atom stereocenters. The molecule has 2 N–H and O–H groups in total. The summed E-state index contributed by atoms with van der Waals surface area (Å²) < 4.78 is 21.5. The molecule has 6 heteroatoms. The SMILES string of the molecule is CCCCCC(NCCc1ccc(OC)c(OC)c1)NCCc1ccc(OC)c(OC)c1. The fraction of sp³-hybridized carbons (Fsp3) is 0.538. The van der Waals surface area contributed by atoms with Gasteiger partial charge in [-0.3, -0.25) is 0 Å². The maximum Gasteiger partial charge on any atom is 0.160 e. The highest BCUT2D eigenvalue weighted by Crippen LogP contribution is 2.28.